The average molecular weight is 213 g/mol. The first-order valence-corrected chi connectivity index (χ1v) is 6.08. The third kappa shape index (κ3) is 4.76. The number of unbranched alkanes of at least 4 members (excludes halogenated alkanes) is 2. The molecule has 0 bridgehead atoms. The summed E-state index contributed by atoms with van der Waals surface area (Å²) in [5, 5.41) is 8.67. The summed E-state index contributed by atoms with van der Waals surface area (Å²) in [5.41, 5.74) is 0. The lowest BCUT2D eigenvalue weighted by Crippen LogP contribution is -2.31. The summed E-state index contributed by atoms with van der Waals surface area (Å²) < 4.78 is 0. The van der Waals surface area contributed by atoms with Gasteiger partial charge in [0.2, 0.25) is 0 Å². The van der Waals surface area contributed by atoms with Crippen molar-refractivity contribution in [3.05, 3.63) is 0 Å². The van der Waals surface area contributed by atoms with Crippen LogP contribution in [0.5, 0.6) is 0 Å². The molecule has 1 saturated heterocycles. The summed E-state index contributed by atoms with van der Waals surface area (Å²) in [6.45, 7) is 4.23. The fourth-order valence-electron chi connectivity index (χ4n) is 2.36. The smallest absolute Gasteiger partial charge is 0.131 e. The van der Waals surface area contributed by atoms with Crippen LogP contribution in [0.25, 0.3) is 0 Å². The summed E-state index contributed by atoms with van der Waals surface area (Å²) in [6, 6.07) is 0.497. The van der Waals surface area contributed by atoms with Gasteiger partial charge in [-0.2, -0.15) is 0 Å². The third-order valence-electron chi connectivity index (χ3n) is 3.13. The van der Waals surface area contributed by atoms with Gasteiger partial charge in [0.05, 0.1) is 0 Å². The van der Waals surface area contributed by atoms with Gasteiger partial charge in [-0.05, 0) is 52.1 Å². The lowest BCUT2D eigenvalue weighted by Gasteiger charge is -2.23. The maximum absolute atomic E-state index is 11.1. The molecule has 0 saturated carbocycles. The van der Waals surface area contributed by atoms with E-state index in [-0.39, 0.29) is 0 Å². The highest BCUT2D eigenvalue weighted by atomic mass is 16.2. The number of aliphatic hydroxyl groups is 1. The molecule has 0 aromatic carbocycles. The Kier molecular flexibility index (Phi) is 5.88. The molecule has 1 N–H and O–H groups in total. The number of hydrogen-bond donors (Lipinski definition) is 1. The molecule has 0 amide bonds. The Labute approximate surface area is 92.5 Å². The molecule has 0 radical (unpaired) electrons. The van der Waals surface area contributed by atoms with Gasteiger partial charge in [0.1, 0.15) is 5.78 Å². The highest BCUT2D eigenvalue weighted by molar-refractivity contribution is 5.76. The highest BCUT2D eigenvalue weighted by Crippen LogP contribution is 2.20. The van der Waals surface area contributed by atoms with Crippen molar-refractivity contribution in [3.63, 3.8) is 0 Å². The maximum atomic E-state index is 11.1. The number of aliphatic hydroxyl groups excluding tert-OH is 1. The van der Waals surface area contributed by atoms with Crippen molar-refractivity contribution in [1.29, 1.82) is 0 Å². The van der Waals surface area contributed by atoms with E-state index in [1.165, 1.54) is 12.8 Å². The van der Waals surface area contributed by atoms with Gasteiger partial charge < -0.3 is 5.11 Å². The highest BCUT2D eigenvalue weighted by Gasteiger charge is 2.24. The number of carbonyl (C=O) groups is 1. The van der Waals surface area contributed by atoms with Gasteiger partial charge in [-0.3, -0.25) is 9.69 Å². The van der Waals surface area contributed by atoms with E-state index in [2.05, 4.69) is 4.90 Å². The number of carbonyl (C=O) groups excluding carboxylic acids is 1. The number of ketones is 1. The first-order chi connectivity index (χ1) is 7.24. The summed E-state index contributed by atoms with van der Waals surface area (Å²) in [6.07, 6.45) is 6.29. The van der Waals surface area contributed by atoms with Gasteiger partial charge >= 0.3 is 0 Å². The minimum atomic E-state index is 0.302. The van der Waals surface area contributed by atoms with E-state index in [4.69, 9.17) is 5.11 Å². The second-order valence-corrected chi connectivity index (χ2v) is 4.52. The van der Waals surface area contributed by atoms with Crippen LogP contribution in [-0.4, -0.2) is 41.5 Å². The van der Waals surface area contributed by atoms with Gasteiger partial charge in [-0.1, -0.05) is 0 Å². The fraction of sp³-hybridized carbons (Fsp3) is 0.917. The van der Waals surface area contributed by atoms with Gasteiger partial charge in [0, 0.05) is 19.1 Å². The molecular weight excluding hydrogens is 190 g/mol. The number of rotatable bonds is 7. The van der Waals surface area contributed by atoms with E-state index in [9.17, 15) is 4.79 Å². The molecule has 0 spiro atoms. The van der Waals surface area contributed by atoms with E-state index in [0.717, 1.165) is 38.8 Å². The van der Waals surface area contributed by atoms with Crippen molar-refractivity contribution >= 4 is 5.78 Å². The molecule has 3 nitrogen and oxygen atoms in total. The van der Waals surface area contributed by atoms with Crippen molar-refractivity contribution in [2.45, 2.75) is 51.5 Å². The van der Waals surface area contributed by atoms with Crippen LogP contribution in [0.1, 0.15) is 45.4 Å². The summed E-state index contributed by atoms with van der Waals surface area (Å²) >= 11 is 0. The SMILES string of the molecule is CC(=O)CC1CCCN1CCCCCO. The Morgan fingerprint density at radius 2 is 2.20 bits per heavy atom. The molecule has 1 aliphatic rings. The zero-order valence-electron chi connectivity index (χ0n) is 9.74. The van der Waals surface area contributed by atoms with E-state index in [1.807, 2.05) is 0 Å². The fourth-order valence-corrected chi connectivity index (χ4v) is 2.36. The lowest BCUT2D eigenvalue weighted by molar-refractivity contribution is -0.118. The molecule has 1 atom stereocenters. The Morgan fingerprint density at radius 3 is 2.87 bits per heavy atom. The average Bonchev–Trinajstić information content (AvgIpc) is 2.59. The van der Waals surface area contributed by atoms with Crippen molar-refractivity contribution in [3.8, 4) is 0 Å². The maximum Gasteiger partial charge on any atom is 0.131 e. The molecule has 1 fully saturated rings. The Hall–Kier alpha value is -0.410. The predicted octanol–water partition coefficient (Wildman–Crippen LogP) is 1.59. The van der Waals surface area contributed by atoms with E-state index in [1.54, 1.807) is 6.92 Å². The van der Waals surface area contributed by atoms with Crippen LogP contribution < -0.4 is 0 Å². The summed E-state index contributed by atoms with van der Waals surface area (Å²) in [5.74, 6) is 0.308. The van der Waals surface area contributed by atoms with Crippen molar-refractivity contribution in [1.82, 2.24) is 4.90 Å². The molecule has 3 heteroatoms. The molecule has 1 aliphatic heterocycles. The largest absolute Gasteiger partial charge is 0.396 e. The van der Waals surface area contributed by atoms with E-state index >= 15 is 0 Å². The van der Waals surface area contributed by atoms with Crippen LogP contribution in [-0.2, 0) is 4.79 Å². The van der Waals surface area contributed by atoms with Crippen molar-refractivity contribution in [2.75, 3.05) is 19.7 Å². The molecule has 0 aromatic rings. The van der Waals surface area contributed by atoms with Crippen LogP contribution in [0.2, 0.25) is 0 Å². The zero-order valence-corrected chi connectivity index (χ0v) is 9.74. The minimum Gasteiger partial charge on any atom is -0.396 e. The summed E-state index contributed by atoms with van der Waals surface area (Å²) in [7, 11) is 0. The first-order valence-electron chi connectivity index (χ1n) is 6.08. The van der Waals surface area contributed by atoms with Gasteiger partial charge in [-0.25, -0.2) is 0 Å². The van der Waals surface area contributed by atoms with E-state index < -0.39 is 0 Å². The second kappa shape index (κ2) is 6.96. The topological polar surface area (TPSA) is 40.5 Å². The molecule has 1 heterocycles. The minimum absolute atomic E-state index is 0.302. The number of nitrogens with zero attached hydrogens (tertiary/aromatic N) is 1. The number of hydrogen-bond acceptors (Lipinski definition) is 3. The van der Waals surface area contributed by atoms with Gasteiger partial charge in [0.15, 0.2) is 0 Å². The van der Waals surface area contributed by atoms with Crippen LogP contribution in [0.3, 0.4) is 0 Å². The standard InChI is InChI=1S/C12H23NO2/c1-11(15)10-12-6-5-8-13(12)7-3-2-4-9-14/h12,14H,2-10H2,1H3. The normalized spacial score (nSPS) is 22.1. The van der Waals surface area contributed by atoms with Crippen LogP contribution in [0, 0.1) is 0 Å². The van der Waals surface area contributed by atoms with Crippen molar-refractivity contribution < 1.29 is 9.90 Å². The van der Waals surface area contributed by atoms with Gasteiger partial charge in [-0.15, -0.1) is 0 Å². The molecule has 88 valence electrons. The van der Waals surface area contributed by atoms with E-state index in [0.29, 0.717) is 18.4 Å². The van der Waals surface area contributed by atoms with Crippen LogP contribution in [0.4, 0.5) is 0 Å². The third-order valence-corrected chi connectivity index (χ3v) is 3.13. The molecule has 1 rings (SSSR count). The van der Waals surface area contributed by atoms with Crippen LogP contribution in [0.15, 0.2) is 0 Å². The number of Topliss-reactive ketones (excluding diaryl/α,β-unsaturated/α-hetero) is 1. The Bertz CT molecular complexity index is 194. The monoisotopic (exact) mass is 213 g/mol. The molecular formula is C12H23NO2. The van der Waals surface area contributed by atoms with Crippen LogP contribution >= 0.6 is 0 Å². The number of likely N-dealkylation sites (tertiary alicyclic amines) is 1. The molecule has 1 unspecified atom stereocenters. The van der Waals surface area contributed by atoms with Crippen molar-refractivity contribution in [2.24, 2.45) is 0 Å². The quantitative estimate of drug-likeness (QED) is 0.653. The zero-order chi connectivity index (χ0) is 11.1. The summed E-state index contributed by atoms with van der Waals surface area (Å²) in [4.78, 5) is 13.5. The molecule has 15 heavy (non-hydrogen) atoms. The lowest BCUT2D eigenvalue weighted by atomic mass is 10.1. The molecule has 0 aromatic heterocycles. The predicted molar refractivity (Wildman–Crippen MR) is 60.8 cm³/mol. The van der Waals surface area contributed by atoms with Gasteiger partial charge in [0.25, 0.3) is 0 Å². The Balaban J connectivity index is 2.18. The Morgan fingerprint density at radius 1 is 1.40 bits per heavy atom. The second-order valence-electron chi connectivity index (χ2n) is 4.52. The first kappa shape index (κ1) is 12.7. The molecule has 0 aliphatic carbocycles.